The van der Waals surface area contributed by atoms with E-state index >= 15 is 0 Å². The molecule has 3 aromatic heterocycles. The van der Waals surface area contributed by atoms with Gasteiger partial charge in [0.1, 0.15) is 0 Å². The van der Waals surface area contributed by atoms with Crippen molar-refractivity contribution < 1.29 is 0 Å². The molecule has 0 N–H and O–H groups in total. The lowest BCUT2D eigenvalue weighted by atomic mass is 9.97. The lowest BCUT2D eigenvalue weighted by molar-refractivity contribution is 1.07. The van der Waals surface area contributed by atoms with Gasteiger partial charge in [-0.25, -0.2) is 19.9 Å². The third kappa shape index (κ3) is 6.63. The van der Waals surface area contributed by atoms with Gasteiger partial charge < -0.3 is 0 Å². The number of aromatic nitrogens is 4. The third-order valence-electron chi connectivity index (χ3n) is 11.9. The van der Waals surface area contributed by atoms with Gasteiger partial charge in [0.15, 0.2) is 17.5 Å². The molecule has 0 aliphatic carbocycles. The summed E-state index contributed by atoms with van der Waals surface area (Å²) >= 11 is 1.86. The van der Waals surface area contributed by atoms with Crippen LogP contribution in [0.5, 0.6) is 0 Å². The zero-order chi connectivity index (χ0) is 41.7. The topological polar surface area (TPSA) is 51.6 Å². The third-order valence-corrected chi connectivity index (χ3v) is 13.2. The van der Waals surface area contributed by atoms with Crippen LogP contribution in [0.15, 0.2) is 218 Å². The minimum atomic E-state index is 0.623. The van der Waals surface area contributed by atoms with Gasteiger partial charge in [-0.15, -0.1) is 11.3 Å². The quantitative estimate of drug-likeness (QED) is 0.150. The van der Waals surface area contributed by atoms with Crippen LogP contribution < -0.4 is 0 Å². The van der Waals surface area contributed by atoms with Crippen molar-refractivity contribution in [3.8, 4) is 78.8 Å². The zero-order valence-electron chi connectivity index (χ0n) is 34.0. The van der Waals surface area contributed by atoms with Crippen molar-refractivity contribution in [2.45, 2.75) is 0 Å². The van der Waals surface area contributed by atoms with E-state index in [0.29, 0.717) is 17.5 Å². The van der Waals surface area contributed by atoms with Crippen molar-refractivity contribution in [1.82, 2.24) is 19.9 Å². The summed E-state index contributed by atoms with van der Waals surface area (Å²) in [7, 11) is 0. The summed E-state index contributed by atoms with van der Waals surface area (Å²) in [6.45, 7) is 0. The van der Waals surface area contributed by atoms with Gasteiger partial charge in [-0.05, 0) is 45.5 Å². The molecule has 0 amide bonds. The molecule has 5 heteroatoms. The summed E-state index contributed by atoms with van der Waals surface area (Å²) < 4.78 is 2.51. The van der Waals surface area contributed by atoms with Crippen molar-refractivity contribution in [2.75, 3.05) is 0 Å². The lowest BCUT2D eigenvalue weighted by Gasteiger charge is -2.11. The molecule has 0 radical (unpaired) electrons. The van der Waals surface area contributed by atoms with Gasteiger partial charge in [0.2, 0.25) is 0 Å². The first-order valence-corrected chi connectivity index (χ1v) is 21.9. The second kappa shape index (κ2) is 15.4. The number of para-hydroxylation sites is 1. The summed E-state index contributed by atoms with van der Waals surface area (Å²) in [4.78, 5) is 20.6. The molecule has 0 atom stereocenters. The van der Waals surface area contributed by atoms with E-state index < -0.39 is 0 Å². The fraction of sp³-hybridized carbons (Fsp3) is 0. The maximum Gasteiger partial charge on any atom is 0.164 e. The molecule has 0 unspecified atom stereocenters. The minimum Gasteiger partial charge on any atom is -0.247 e. The van der Waals surface area contributed by atoms with E-state index in [-0.39, 0.29) is 0 Å². The Morgan fingerprint density at radius 1 is 0.270 bits per heavy atom. The van der Waals surface area contributed by atoms with E-state index in [0.717, 1.165) is 55.5 Å². The molecule has 0 saturated heterocycles. The minimum absolute atomic E-state index is 0.623. The van der Waals surface area contributed by atoms with Gasteiger partial charge >= 0.3 is 0 Å². The predicted octanol–water partition coefficient (Wildman–Crippen LogP) is 15.6. The molecule has 294 valence electrons. The van der Waals surface area contributed by atoms with Crippen LogP contribution in [0, 0.1) is 0 Å². The fourth-order valence-corrected chi connectivity index (χ4v) is 10.2. The second-order valence-electron chi connectivity index (χ2n) is 15.8. The Labute approximate surface area is 368 Å². The van der Waals surface area contributed by atoms with Crippen LogP contribution in [0.1, 0.15) is 0 Å². The lowest BCUT2D eigenvalue weighted by Crippen LogP contribution is -2.00. The molecule has 63 heavy (non-hydrogen) atoms. The molecule has 4 nitrogen and oxygen atoms in total. The molecule has 12 rings (SSSR count). The molecular weight excluding hydrogens is 785 g/mol. The predicted molar refractivity (Wildman–Crippen MR) is 264 cm³/mol. The fourth-order valence-electron chi connectivity index (χ4n) is 8.81. The Balaban J connectivity index is 0.997. The summed E-state index contributed by atoms with van der Waals surface area (Å²) in [5.41, 5.74) is 12.8. The van der Waals surface area contributed by atoms with Crippen molar-refractivity contribution in [2.24, 2.45) is 0 Å². The van der Waals surface area contributed by atoms with Gasteiger partial charge in [0.25, 0.3) is 0 Å². The van der Waals surface area contributed by atoms with Crippen LogP contribution in [0.2, 0.25) is 0 Å². The van der Waals surface area contributed by atoms with E-state index in [1.807, 2.05) is 23.5 Å². The number of hydrogen-bond donors (Lipinski definition) is 0. The number of fused-ring (bicyclic) bond motifs is 7. The van der Waals surface area contributed by atoms with Gasteiger partial charge in [0.05, 0.1) is 11.2 Å². The van der Waals surface area contributed by atoms with Crippen LogP contribution in [0.3, 0.4) is 0 Å². The average molecular weight is 821 g/mol. The van der Waals surface area contributed by atoms with Crippen molar-refractivity contribution in [1.29, 1.82) is 0 Å². The number of hydrogen-bond acceptors (Lipinski definition) is 5. The molecule has 12 aromatic rings. The average Bonchev–Trinajstić information content (AvgIpc) is 3.76. The first-order valence-electron chi connectivity index (χ1n) is 21.1. The van der Waals surface area contributed by atoms with Crippen LogP contribution >= 0.6 is 11.3 Å². The van der Waals surface area contributed by atoms with Crippen LogP contribution in [0.25, 0.3) is 121 Å². The molecule has 0 saturated carbocycles. The Morgan fingerprint density at radius 3 is 1.35 bits per heavy atom. The highest BCUT2D eigenvalue weighted by atomic mass is 32.1. The second-order valence-corrected chi connectivity index (χ2v) is 16.8. The van der Waals surface area contributed by atoms with E-state index in [1.165, 1.54) is 47.6 Å². The molecule has 9 aromatic carbocycles. The van der Waals surface area contributed by atoms with Crippen LogP contribution in [-0.4, -0.2) is 19.9 Å². The Hall–Kier alpha value is -8.12. The van der Waals surface area contributed by atoms with Crippen LogP contribution in [-0.2, 0) is 0 Å². The number of nitrogens with zero attached hydrogens (tertiary/aromatic N) is 4. The number of rotatable bonds is 7. The number of benzene rings is 9. The van der Waals surface area contributed by atoms with Crippen molar-refractivity contribution in [3.05, 3.63) is 218 Å². The maximum absolute atomic E-state index is 5.21. The molecule has 0 aliphatic rings. The normalized spacial score (nSPS) is 11.5. The van der Waals surface area contributed by atoms with Crippen molar-refractivity contribution in [3.63, 3.8) is 0 Å². The molecule has 3 heterocycles. The van der Waals surface area contributed by atoms with Crippen molar-refractivity contribution >= 4 is 53.2 Å². The zero-order valence-corrected chi connectivity index (χ0v) is 34.8. The van der Waals surface area contributed by atoms with E-state index in [4.69, 9.17) is 19.9 Å². The van der Waals surface area contributed by atoms with E-state index in [9.17, 15) is 0 Å². The summed E-state index contributed by atoms with van der Waals surface area (Å²) in [6, 6.07) is 76.7. The first kappa shape index (κ1) is 36.7. The smallest absolute Gasteiger partial charge is 0.164 e. The van der Waals surface area contributed by atoms with Gasteiger partial charge in [-0.3, -0.25) is 0 Å². The van der Waals surface area contributed by atoms with E-state index in [2.05, 4.69) is 206 Å². The van der Waals surface area contributed by atoms with E-state index in [1.54, 1.807) is 0 Å². The Bertz CT molecular complexity index is 3540. The number of thiophene rings is 1. The summed E-state index contributed by atoms with van der Waals surface area (Å²) in [6.07, 6.45) is 0. The molecule has 0 fully saturated rings. The van der Waals surface area contributed by atoms with Gasteiger partial charge in [-0.1, -0.05) is 206 Å². The molecule has 0 spiro atoms. The molecule has 0 aliphatic heterocycles. The SMILES string of the molecule is c1ccc(-c2ccc(-c3nc(-c4ccc(-c5ccccc5)cc4)nc(-c4cccc(-c5cccc6c5sc5c6ccc6c(-c7ccccc7)nc7ccccc7c65)c4)n3)cc2)cc1. The Kier molecular flexibility index (Phi) is 8.98. The largest absolute Gasteiger partial charge is 0.247 e. The monoisotopic (exact) mass is 820 g/mol. The Morgan fingerprint density at radius 2 is 0.714 bits per heavy atom. The summed E-state index contributed by atoms with van der Waals surface area (Å²) in [5.74, 6) is 1.88. The maximum atomic E-state index is 5.21. The van der Waals surface area contributed by atoms with Crippen LogP contribution in [0.4, 0.5) is 0 Å². The first-order chi connectivity index (χ1) is 31.2. The summed E-state index contributed by atoms with van der Waals surface area (Å²) in [5, 5.41) is 6.06. The standard InChI is InChI=1S/C58H36N4S/c1-4-14-37(15-5-1)39-26-30-42(31-27-39)56-60-57(43-32-28-40(29-33-43)38-16-6-2-7-17-38)62-58(61-56)45-21-12-20-44(36-45)46-23-13-24-47-48-34-35-50-52(55(48)63-54(46)47)49-22-10-11-25-51(49)59-53(50)41-18-8-3-9-19-41/h1-36H. The molecular formula is C58H36N4S. The van der Waals surface area contributed by atoms with Gasteiger partial charge in [-0.2, -0.15) is 0 Å². The highest BCUT2D eigenvalue weighted by Crippen LogP contribution is 2.46. The van der Waals surface area contributed by atoms with Gasteiger partial charge in [0, 0.05) is 58.6 Å². The number of pyridine rings is 1. The highest BCUT2D eigenvalue weighted by molar-refractivity contribution is 7.27. The highest BCUT2D eigenvalue weighted by Gasteiger charge is 2.19. The molecule has 0 bridgehead atoms.